The molecular formula is C27H24ClN3O6S3. The van der Waals surface area contributed by atoms with Crippen molar-refractivity contribution in [1.29, 1.82) is 0 Å². The van der Waals surface area contributed by atoms with Gasteiger partial charge in [0.1, 0.15) is 11.0 Å². The van der Waals surface area contributed by atoms with E-state index in [1.165, 1.54) is 29.4 Å². The standard InChI is InChI=1S/C27H24ClN3O6S3/c1-34-22-11-16(8-9-29-26(33)18-12-23(37-31-18)20-3-2-10-35-20)4-5-21(22)36-14-17-13-30-27(39-17)38-15-19(32)24-6-7-25(28)40-24/h2-7,10-12,17H,8-9,13-15H2,1H3,(H,29,33). The summed E-state index contributed by atoms with van der Waals surface area (Å²) in [6.07, 6.45) is 2.12. The van der Waals surface area contributed by atoms with E-state index in [1.54, 1.807) is 49.2 Å². The topological polar surface area (TPSA) is 116 Å². The number of Topliss-reactive ketones (excluding diaryl/α,β-unsaturated/α-hetero) is 1. The van der Waals surface area contributed by atoms with E-state index in [0.717, 1.165) is 9.94 Å². The molecule has 4 heterocycles. The highest BCUT2D eigenvalue weighted by Crippen LogP contribution is 2.33. The fraction of sp³-hybridized carbons (Fsp3) is 0.259. The molecule has 0 saturated heterocycles. The Morgan fingerprint density at radius 2 is 2.08 bits per heavy atom. The molecule has 9 nitrogen and oxygen atoms in total. The Morgan fingerprint density at radius 3 is 2.85 bits per heavy atom. The summed E-state index contributed by atoms with van der Waals surface area (Å²) in [6, 6.07) is 14.2. The zero-order valence-corrected chi connectivity index (χ0v) is 24.5. The van der Waals surface area contributed by atoms with Crippen molar-refractivity contribution in [3.05, 3.63) is 75.3 Å². The van der Waals surface area contributed by atoms with E-state index in [4.69, 9.17) is 30.0 Å². The molecule has 4 aromatic rings. The molecule has 40 heavy (non-hydrogen) atoms. The van der Waals surface area contributed by atoms with E-state index in [9.17, 15) is 9.59 Å². The number of amides is 1. The maximum absolute atomic E-state index is 12.4. The van der Waals surface area contributed by atoms with Crippen LogP contribution in [-0.4, -0.2) is 59.0 Å². The van der Waals surface area contributed by atoms with Crippen LogP contribution >= 0.6 is 46.5 Å². The van der Waals surface area contributed by atoms with Crippen LogP contribution in [0.1, 0.15) is 25.7 Å². The number of benzene rings is 1. The molecule has 1 aliphatic rings. The molecule has 0 saturated carbocycles. The molecule has 5 rings (SSSR count). The van der Waals surface area contributed by atoms with Crippen LogP contribution < -0.4 is 14.8 Å². The second kappa shape index (κ2) is 13.4. The first-order valence-electron chi connectivity index (χ1n) is 12.2. The highest BCUT2D eigenvalue weighted by atomic mass is 35.5. The van der Waals surface area contributed by atoms with E-state index in [1.807, 2.05) is 18.2 Å². The van der Waals surface area contributed by atoms with Crippen LogP contribution in [0, 0.1) is 0 Å². The van der Waals surface area contributed by atoms with Crippen molar-refractivity contribution in [2.45, 2.75) is 11.7 Å². The number of halogens is 1. The zero-order valence-electron chi connectivity index (χ0n) is 21.3. The number of hydrogen-bond donors (Lipinski definition) is 1. The Balaban J connectivity index is 1.05. The van der Waals surface area contributed by atoms with Crippen molar-refractivity contribution >= 4 is 62.5 Å². The second-order valence-corrected chi connectivity index (χ2v) is 12.7. The van der Waals surface area contributed by atoms with Crippen molar-refractivity contribution in [1.82, 2.24) is 10.5 Å². The van der Waals surface area contributed by atoms with Crippen LogP contribution in [0.3, 0.4) is 0 Å². The quantitative estimate of drug-likeness (QED) is 0.188. The smallest absolute Gasteiger partial charge is 0.273 e. The first-order chi connectivity index (χ1) is 19.5. The Bertz CT molecular complexity index is 1500. The number of ketones is 1. The van der Waals surface area contributed by atoms with Gasteiger partial charge in [-0.1, -0.05) is 46.3 Å². The van der Waals surface area contributed by atoms with Gasteiger partial charge in [-0.15, -0.1) is 11.3 Å². The molecule has 1 amide bonds. The van der Waals surface area contributed by atoms with Gasteiger partial charge in [0.2, 0.25) is 5.76 Å². The number of carbonyl (C=O) groups excluding carboxylic acids is 2. The SMILES string of the molecule is COc1cc(CCNC(=O)c2cc(-c3ccco3)on2)ccc1OCC1CN=C(SCC(=O)c2ccc(Cl)s2)S1. The molecule has 1 unspecified atom stereocenters. The molecule has 208 valence electrons. The molecular weight excluding hydrogens is 594 g/mol. The Kier molecular flexibility index (Phi) is 9.53. The molecule has 0 aliphatic carbocycles. The number of rotatable bonds is 12. The molecule has 3 aromatic heterocycles. The van der Waals surface area contributed by atoms with E-state index in [-0.39, 0.29) is 22.6 Å². The fourth-order valence-corrected chi connectivity index (χ4v) is 6.94. The first-order valence-corrected chi connectivity index (χ1v) is 15.3. The van der Waals surface area contributed by atoms with Gasteiger partial charge in [0.15, 0.2) is 28.7 Å². The van der Waals surface area contributed by atoms with E-state index >= 15 is 0 Å². The molecule has 1 aliphatic heterocycles. The average molecular weight is 618 g/mol. The normalized spacial score (nSPS) is 14.7. The minimum atomic E-state index is -0.331. The number of hydrogen-bond acceptors (Lipinski definition) is 11. The van der Waals surface area contributed by atoms with E-state index < -0.39 is 0 Å². The Hall–Kier alpha value is -3.19. The van der Waals surface area contributed by atoms with Crippen LogP contribution in [0.25, 0.3) is 11.5 Å². The summed E-state index contributed by atoms with van der Waals surface area (Å²) < 4.78 is 23.5. The summed E-state index contributed by atoms with van der Waals surface area (Å²) in [6.45, 7) is 1.49. The molecule has 0 spiro atoms. The lowest BCUT2D eigenvalue weighted by Crippen LogP contribution is -2.25. The maximum Gasteiger partial charge on any atom is 0.273 e. The van der Waals surface area contributed by atoms with E-state index in [2.05, 4.69) is 15.5 Å². The minimum Gasteiger partial charge on any atom is -0.493 e. The van der Waals surface area contributed by atoms with Crippen LogP contribution in [0.2, 0.25) is 4.34 Å². The van der Waals surface area contributed by atoms with Crippen molar-refractivity contribution in [2.75, 3.05) is 32.6 Å². The molecule has 13 heteroatoms. The summed E-state index contributed by atoms with van der Waals surface area (Å²) in [5.41, 5.74) is 1.16. The third-order valence-electron chi connectivity index (χ3n) is 5.73. The molecule has 1 N–H and O–H groups in total. The van der Waals surface area contributed by atoms with Crippen LogP contribution in [-0.2, 0) is 6.42 Å². The third kappa shape index (κ3) is 7.30. The highest BCUT2D eigenvalue weighted by Gasteiger charge is 2.23. The van der Waals surface area contributed by atoms with Crippen molar-refractivity contribution in [3.8, 4) is 23.0 Å². The number of thioether (sulfide) groups is 2. The number of carbonyl (C=O) groups is 2. The number of furan rings is 1. The van der Waals surface area contributed by atoms with E-state index in [0.29, 0.717) is 64.1 Å². The van der Waals surface area contributed by atoms with Crippen molar-refractivity contribution in [2.24, 2.45) is 4.99 Å². The zero-order chi connectivity index (χ0) is 27.9. The molecule has 1 aromatic carbocycles. The largest absolute Gasteiger partial charge is 0.493 e. The van der Waals surface area contributed by atoms with Gasteiger partial charge in [0.05, 0.1) is 40.1 Å². The number of nitrogens with zero attached hydrogens (tertiary/aromatic N) is 2. The lowest BCUT2D eigenvalue weighted by Gasteiger charge is -2.14. The predicted octanol–water partition coefficient (Wildman–Crippen LogP) is 6.10. The van der Waals surface area contributed by atoms with Crippen molar-refractivity contribution in [3.63, 3.8) is 0 Å². The number of thiophene rings is 1. The number of ether oxygens (including phenoxy) is 2. The summed E-state index contributed by atoms with van der Waals surface area (Å²) in [5.74, 6) is 2.19. The van der Waals surface area contributed by atoms with Gasteiger partial charge in [-0.25, -0.2) is 0 Å². The lowest BCUT2D eigenvalue weighted by atomic mass is 10.1. The number of aromatic nitrogens is 1. The minimum absolute atomic E-state index is 0.0478. The third-order valence-corrected chi connectivity index (χ3v) is 9.37. The van der Waals surface area contributed by atoms with Crippen molar-refractivity contribution < 1.29 is 28.0 Å². The highest BCUT2D eigenvalue weighted by molar-refractivity contribution is 8.39. The van der Waals surface area contributed by atoms with Gasteiger partial charge in [-0.2, -0.15) is 0 Å². The van der Waals surface area contributed by atoms with Gasteiger partial charge < -0.3 is 23.7 Å². The summed E-state index contributed by atoms with van der Waals surface area (Å²) in [7, 11) is 1.59. The van der Waals surface area contributed by atoms with Gasteiger partial charge >= 0.3 is 0 Å². The molecule has 0 bridgehead atoms. The fourth-order valence-electron chi connectivity index (χ4n) is 3.72. The average Bonchev–Trinajstić information content (AvgIpc) is 3.78. The van der Waals surface area contributed by atoms with Gasteiger partial charge in [-0.05, 0) is 48.4 Å². The maximum atomic E-state index is 12.4. The number of aliphatic imine (C=N–C) groups is 1. The number of nitrogens with one attached hydrogen (secondary N) is 1. The van der Waals surface area contributed by atoms with Crippen LogP contribution in [0.4, 0.5) is 0 Å². The monoisotopic (exact) mass is 617 g/mol. The lowest BCUT2D eigenvalue weighted by molar-refractivity contribution is 0.0944. The van der Waals surface area contributed by atoms with Crippen LogP contribution in [0.5, 0.6) is 11.5 Å². The van der Waals surface area contributed by atoms with Gasteiger partial charge in [0, 0.05) is 12.6 Å². The first kappa shape index (κ1) is 28.3. The summed E-state index contributed by atoms with van der Waals surface area (Å²) in [4.78, 5) is 29.9. The number of methoxy groups -OCH3 is 1. The second-order valence-electron chi connectivity index (χ2n) is 8.52. The predicted molar refractivity (Wildman–Crippen MR) is 159 cm³/mol. The summed E-state index contributed by atoms with van der Waals surface area (Å²) >= 11 is 10.3. The summed E-state index contributed by atoms with van der Waals surface area (Å²) in [5, 5.41) is 6.81. The Morgan fingerprint density at radius 1 is 1.18 bits per heavy atom. The van der Waals surface area contributed by atoms with Gasteiger partial charge in [0.25, 0.3) is 5.91 Å². The Labute approximate surface area is 247 Å². The van der Waals surface area contributed by atoms with Crippen LogP contribution in [0.15, 0.2) is 68.7 Å². The molecule has 0 fully saturated rings. The molecule has 1 atom stereocenters. The van der Waals surface area contributed by atoms with Gasteiger partial charge in [-0.3, -0.25) is 14.6 Å². The molecule has 0 radical (unpaired) electrons.